The maximum absolute atomic E-state index is 12.6. The number of carbonyl (C=O) groups excluding carboxylic acids is 1. The molecule has 0 spiro atoms. The van der Waals surface area contributed by atoms with Crippen LogP contribution in [-0.2, 0) is 0 Å². The molecule has 0 radical (unpaired) electrons. The van der Waals surface area contributed by atoms with Crippen molar-refractivity contribution in [2.75, 3.05) is 17.7 Å². The van der Waals surface area contributed by atoms with Crippen molar-refractivity contribution in [2.45, 2.75) is 32.1 Å². The molecule has 1 amide bonds. The molecule has 1 aromatic rings. The highest BCUT2D eigenvalue weighted by atomic mass is 32.2. The molecule has 3 N–H and O–H groups in total. The number of aromatic nitrogens is 1. The lowest BCUT2D eigenvalue weighted by atomic mass is 10.1. The molecule has 2 rings (SSSR count). The van der Waals surface area contributed by atoms with Gasteiger partial charge in [0.05, 0.1) is 0 Å². The van der Waals surface area contributed by atoms with Gasteiger partial charge in [-0.3, -0.25) is 4.79 Å². The van der Waals surface area contributed by atoms with Gasteiger partial charge in [-0.05, 0) is 26.0 Å². The van der Waals surface area contributed by atoms with E-state index in [4.69, 9.17) is 5.84 Å². The molecule has 104 valence electrons. The van der Waals surface area contributed by atoms with Crippen LogP contribution >= 0.6 is 11.8 Å². The van der Waals surface area contributed by atoms with Gasteiger partial charge < -0.3 is 10.3 Å². The molecule has 2 unspecified atom stereocenters. The zero-order valence-corrected chi connectivity index (χ0v) is 12.3. The van der Waals surface area contributed by atoms with Crippen LogP contribution < -0.4 is 11.3 Å². The van der Waals surface area contributed by atoms with Gasteiger partial charge in [0.1, 0.15) is 5.82 Å². The monoisotopic (exact) mass is 280 g/mol. The summed E-state index contributed by atoms with van der Waals surface area (Å²) < 4.78 is 0. The van der Waals surface area contributed by atoms with Gasteiger partial charge in [0, 0.05) is 34.8 Å². The summed E-state index contributed by atoms with van der Waals surface area (Å²) in [4.78, 5) is 18.7. The third-order valence-corrected chi connectivity index (χ3v) is 4.83. The van der Waals surface area contributed by atoms with Crippen molar-refractivity contribution in [3.8, 4) is 0 Å². The predicted molar refractivity (Wildman–Crippen MR) is 79.2 cm³/mol. The molecular formula is C13H20N4OS. The molecule has 2 heterocycles. The number of anilines is 1. The van der Waals surface area contributed by atoms with Gasteiger partial charge in [0.2, 0.25) is 0 Å². The number of rotatable bonds is 2. The summed E-state index contributed by atoms with van der Waals surface area (Å²) in [6.45, 7) is 6.92. The summed E-state index contributed by atoms with van der Waals surface area (Å²) in [6, 6.07) is 3.76. The van der Waals surface area contributed by atoms with E-state index in [1.54, 1.807) is 6.07 Å². The molecule has 19 heavy (non-hydrogen) atoms. The van der Waals surface area contributed by atoms with E-state index in [2.05, 4.69) is 24.3 Å². The van der Waals surface area contributed by atoms with E-state index in [0.29, 0.717) is 16.6 Å². The fraction of sp³-hybridized carbons (Fsp3) is 0.538. The number of amides is 1. The molecule has 0 aromatic carbocycles. The van der Waals surface area contributed by atoms with Crippen LogP contribution in [0.15, 0.2) is 12.1 Å². The number of aryl methyl sites for hydroxylation is 1. The molecule has 0 aliphatic carbocycles. The number of nitrogens with one attached hydrogen (secondary N) is 1. The molecule has 0 bridgehead atoms. The minimum absolute atomic E-state index is 0.0571. The number of nitrogens with zero attached hydrogens (tertiary/aromatic N) is 2. The van der Waals surface area contributed by atoms with Crippen LogP contribution in [0.4, 0.5) is 5.82 Å². The van der Waals surface area contributed by atoms with Gasteiger partial charge in [-0.15, -0.1) is 0 Å². The van der Waals surface area contributed by atoms with Gasteiger partial charge in [-0.2, -0.15) is 11.8 Å². The Morgan fingerprint density at radius 1 is 1.53 bits per heavy atom. The highest BCUT2D eigenvalue weighted by molar-refractivity contribution is 8.00. The fourth-order valence-corrected chi connectivity index (χ4v) is 3.35. The number of hydrogen-bond acceptors (Lipinski definition) is 5. The summed E-state index contributed by atoms with van der Waals surface area (Å²) in [5, 5.41) is 0.465. The summed E-state index contributed by atoms with van der Waals surface area (Å²) >= 11 is 1.91. The first-order chi connectivity index (χ1) is 9.02. The number of thioether (sulfide) groups is 1. The SMILES string of the molecule is Cc1cc(C(=O)N2CCSC(C)C2C)cc(NN)n1. The van der Waals surface area contributed by atoms with Crippen LogP contribution in [0.1, 0.15) is 29.9 Å². The van der Waals surface area contributed by atoms with Crippen molar-refractivity contribution in [3.05, 3.63) is 23.4 Å². The second-order valence-corrected chi connectivity index (χ2v) is 6.33. The average molecular weight is 280 g/mol. The van der Waals surface area contributed by atoms with Gasteiger partial charge in [-0.1, -0.05) is 6.92 Å². The van der Waals surface area contributed by atoms with Crippen LogP contribution in [0.5, 0.6) is 0 Å². The van der Waals surface area contributed by atoms with Crippen molar-refractivity contribution in [3.63, 3.8) is 0 Å². The average Bonchev–Trinajstić information content (AvgIpc) is 2.40. The van der Waals surface area contributed by atoms with E-state index in [0.717, 1.165) is 18.0 Å². The molecule has 1 fully saturated rings. The Kier molecular flexibility index (Phi) is 4.31. The van der Waals surface area contributed by atoms with Crippen LogP contribution in [0, 0.1) is 6.92 Å². The Labute approximate surface area is 117 Å². The summed E-state index contributed by atoms with van der Waals surface area (Å²) in [5.74, 6) is 6.94. The lowest BCUT2D eigenvalue weighted by Gasteiger charge is -2.37. The van der Waals surface area contributed by atoms with E-state index in [-0.39, 0.29) is 11.9 Å². The molecule has 1 aromatic heterocycles. The zero-order chi connectivity index (χ0) is 14.0. The highest BCUT2D eigenvalue weighted by Gasteiger charge is 2.29. The van der Waals surface area contributed by atoms with E-state index < -0.39 is 0 Å². The van der Waals surface area contributed by atoms with Crippen LogP contribution in [0.2, 0.25) is 0 Å². The minimum atomic E-state index is 0.0571. The number of carbonyl (C=O) groups is 1. The normalized spacial score (nSPS) is 23.3. The first-order valence-corrected chi connectivity index (χ1v) is 7.45. The smallest absolute Gasteiger partial charge is 0.254 e. The lowest BCUT2D eigenvalue weighted by molar-refractivity contribution is 0.0698. The Hall–Kier alpha value is -1.27. The predicted octanol–water partition coefficient (Wildman–Crippen LogP) is 1.64. The Morgan fingerprint density at radius 2 is 2.26 bits per heavy atom. The molecule has 5 nitrogen and oxygen atoms in total. The van der Waals surface area contributed by atoms with Crippen molar-refractivity contribution in [1.82, 2.24) is 9.88 Å². The molecule has 2 atom stereocenters. The fourth-order valence-electron chi connectivity index (χ4n) is 2.25. The molecule has 0 saturated carbocycles. The largest absolute Gasteiger partial charge is 0.334 e. The standard InChI is InChI=1S/C13H20N4OS/c1-8-6-11(7-12(15-8)16-14)13(18)17-4-5-19-10(3)9(17)2/h6-7,9-10H,4-5,14H2,1-3H3,(H,15,16). The summed E-state index contributed by atoms with van der Waals surface area (Å²) in [7, 11) is 0. The van der Waals surface area contributed by atoms with Crippen LogP contribution in [0.25, 0.3) is 0 Å². The summed E-state index contributed by atoms with van der Waals surface area (Å²) in [5.41, 5.74) is 3.93. The van der Waals surface area contributed by atoms with Crippen LogP contribution in [-0.4, -0.2) is 39.4 Å². The van der Waals surface area contributed by atoms with E-state index in [1.165, 1.54) is 0 Å². The second kappa shape index (κ2) is 5.79. The zero-order valence-electron chi connectivity index (χ0n) is 11.5. The van der Waals surface area contributed by atoms with Gasteiger partial charge in [0.25, 0.3) is 5.91 Å². The Balaban J connectivity index is 2.25. The van der Waals surface area contributed by atoms with Crippen LogP contribution in [0.3, 0.4) is 0 Å². The Morgan fingerprint density at radius 3 is 2.95 bits per heavy atom. The van der Waals surface area contributed by atoms with E-state index in [9.17, 15) is 4.79 Å². The topological polar surface area (TPSA) is 71.2 Å². The van der Waals surface area contributed by atoms with E-state index >= 15 is 0 Å². The number of nitrogen functional groups attached to an aromatic ring is 1. The number of hydrogen-bond donors (Lipinski definition) is 2. The number of hydrazine groups is 1. The maximum Gasteiger partial charge on any atom is 0.254 e. The Bertz CT molecular complexity index is 480. The van der Waals surface area contributed by atoms with Crippen molar-refractivity contribution < 1.29 is 4.79 Å². The second-order valence-electron chi connectivity index (χ2n) is 4.84. The van der Waals surface area contributed by atoms with Crippen molar-refractivity contribution in [1.29, 1.82) is 0 Å². The molecule has 6 heteroatoms. The number of pyridine rings is 1. The third-order valence-electron chi connectivity index (χ3n) is 3.49. The number of nitrogens with two attached hydrogens (primary N) is 1. The maximum atomic E-state index is 12.6. The first-order valence-electron chi connectivity index (χ1n) is 6.41. The lowest BCUT2D eigenvalue weighted by Crippen LogP contribution is -2.48. The highest BCUT2D eigenvalue weighted by Crippen LogP contribution is 2.26. The minimum Gasteiger partial charge on any atom is -0.334 e. The van der Waals surface area contributed by atoms with Gasteiger partial charge in [0.15, 0.2) is 0 Å². The first kappa shape index (κ1) is 14.1. The molecule has 1 saturated heterocycles. The molecule has 1 aliphatic heterocycles. The van der Waals surface area contributed by atoms with E-state index in [1.807, 2.05) is 29.7 Å². The van der Waals surface area contributed by atoms with Crippen molar-refractivity contribution in [2.24, 2.45) is 5.84 Å². The quantitative estimate of drug-likeness (QED) is 0.636. The van der Waals surface area contributed by atoms with Gasteiger partial charge >= 0.3 is 0 Å². The summed E-state index contributed by atoms with van der Waals surface area (Å²) in [6.07, 6.45) is 0. The third kappa shape index (κ3) is 3.01. The van der Waals surface area contributed by atoms with Crippen molar-refractivity contribution >= 4 is 23.5 Å². The molecular weight excluding hydrogens is 260 g/mol. The molecule has 1 aliphatic rings. The van der Waals surface area contributed by atoms with Gasteiger partial charge in [-0.25, -0.2) is 10.8 Å².